The zero-order chi connectivity index (χ0) is 13.0. The first kappa shape index (κ1) is 12.9. The largest absolute Gasteiger partial charge is 0.384 e. The highest BCUT2D eigenvalue weighted by Crippen LogP contribution is 2.22. The highest BCUT2D eigenvalue weighted by molar-refractivity contribution is 5.95. The maximum absolute atomic E-state index is 12.0. The molecule has 0 atom stereocenters. The minimum absolute atomic E-state index is 0.0102. The van der Waals surface area contributed by atoms with Gasteiger partial charge in [-0.1, -0.05) is 13.0 Å². The van der Waals surface area contributed by atoms with Gasteiger partial charge in [-0.3, -0.25) is 4.79 Å². The highest BCUT2D eigenvalue weighted by Gasteiger charge is 2.13. The predicted octanol–water partition coefficient (Wildman–Crippen LogP) is 1.34. The molecule has 0 unspecified atom stereocenters. The molecule has 1 aromatic carbocycles. The van der Waals surface area contributed by atoms with E-state index in [-0.39, 0.29) is 5.91 Å². The van der Waals surface area contributed by atoms with Crippen LogP contribution in [0, 0.1) is 0 Å². The lowest BCUT2D eigenvalue weighted by atomic mass is 10.1. The number of anilines is 1. The Labute approximate surface area is 108 Å². The van der Waals surface area contributed by atoms with Gasteiger partial charge in [-0.2, -0.15) is 0 Å². The van der Waals surface area contributed by atoms with Crippen LogP contribution >= 0.6 is 0 Å². The number of hydrogen-bond acceptors (Lipinski definition) is 3. The van der Waals surface area contributed by atoms with Crippen molar-refractivity contribution in [2.45, 2.75) is 13.3 Å². The average molecular weight is 247 g/mol. The van der Waals surface area contributed by atoms with Crippen LogP contribution in [0.25, 0.3) is 0 Å². The lowest BCUT2D eigenvalue weighted by molar-refractivity contribution is 0.0950. The monoisotopic (exact) mass is 247 g/mol. The summed E-state index contributed by atoms with van der Waals surface area (Å²) >= 11 is 0. The van der Waals surface area contributed by atoms with Gasteiger partial charge in [-0.15, -0.1) is 0 Å². The Bertz CT molecular complexity index is 431. The molecular weight excluding hydrogens is 226 g/mol. The molecule has 1 amide bonds. The molecule has 0 spiro atoms. The summed E-state index contributed by atoms with van der Waals surface area (Å²) in [5.41, 5.74) is 3.15. The zero-order valence-corrected chi connectivity index (χ0v) is 11.1. The molecule has 1 aliphatic rings. The molecule has 0 radical (unpaired) electrons. The van der Waals surface area contributed by atoms with E-state index in [1.165, 1.54) is 5.56 Å². The Kier molecular flexibility index (Phi) is 4.20. The third kappa shape index (κ3) is 3.01. The number of rotatable bonds is 5. The second-order valence-electron chi connectivity index (χ2n) is 4.70. The van der Waals surface area contributed by atoms with E-state index in [4.69, 9.17) is 0 Å². The number of benzene rings is 1. The predicted molar refractivity (Wildman–Crippen MR) is 74.1 cm³/mol. The van der Waals surface area contributed by atoms with Gasteiger partial charge < -0.3 is 15.5 Å². The van der Waals surface area contributed by atoms with Crippen molar-refractivity contribution in [3.63, 3.8) is 0 Å². The number of hydrogen-bond donors (Lipinski definition) is 2. The third-order valence-electron chi connectivity index (χ3n) is 3.40. The van der Waals surface area contributed by atoms with Crippen LogP contribution < -0.4 is 10.6 Å². The van der Waals surface area contributed by atoms with Gasteiger partial charge in [-0.25, -0.2) is 0 Å². The van der Waals surface area contributed by atoms with Crippen molar-refractivity contribution in [2.24, 2.45) is 0 Å². The second-order valence-corrected chi connectivity index (χ2v) is 4.70. The van der Waals surface area contributed by atoms with Crippen LogP contribution in [0.5, 0.6) is 0 Å². The van der Waals surface area contributed by atoms with Crippen molar-refractivity contribution in [2.75, 3.05) is 38.5 Å². The number of likely N-dealkylation sites (N-methyl/N-ethyl adjacent to an activating group) is 1. The van der Waals surface area contributed by atoms with Gasteiger partial charge in [0.2, 0.25) is 0 Å². The van der Waals surface area contributed by atoms with E-state index in [1.54, 1.807) is 0 Å². The van der Waals surface area contributed by atoms with E-state index in [0.717, 1.165) is 37.3 Å². The third-order valence-corrected chi connectivity index (χ3v) is 3.40. The summed E-state index contributed by atoms with van der Waals surface area (Å²) in [6.07, 6.45) is 1.05. The smallest absolute Gasteiger partial charge is 0.251 e. The summed E-state index contributed by atoms with van der Waals surface area (Å²) in [6, 6.07) is 5.90. The fourth-order valence-electron chi connectivity index (χ4n) is 2.05. The van der Waals surface area contributed by atoms with Crippen molar-refractivity contribution in [1.29, 1.82) is 0 Å². The number of carbonyl (C=O) groups excluding carboxylic acids is 1. The highest BCUT2D eigenvalue weighted by atomic mass is 16.1. The van der Waals surface area contributed by atoms with Gasteiger partial charge in [0, 0.05) is 30.9 Å². The second kappa shape index (κ2) is 5.87. The van der Waals surface area contributed by atoms with E-state index in [1.807, 2.05) is 25.2 Å². The first-order valence-corrected chi connectivity index (χ1v) is 6.54. The Morgan fingerprint density at radius 3 is 3.11 bits per heavy atom. The number of amides is 1. The van der Waals surface area contributed by atoms with Gasteiger partial charge in [0.1, 0.15) is 0 Å². The molecule has 0 aromatic heterocycles. The summed E-state index contributed by atoms with van der Waals surface area (Å²) in [5, 5.41) is 6.24. The van der Waals surface area contributed by atoms with Gasteiger partial charge >= 0.3 is 0 Å². The van der Waals surface area contributed by atoms with Crippen molar-refractivity contribution in [3.8, 4) is 0 Å². The standard InChI is InChI=1S/C14H21N3O/c1-3-17(2)9-8-16-14(18)12-5-4-11-6-7-15-13(11)10-12/h4-5,10,15H,3,6-9H2,1-2H3,(H,16,18). The summed E-state index contributed by atoms with van der Waals surface area (Å²) in [4.78, 5) is 14.1. The molecular formula is C14H21N3O. The van der Waals surface area contributed by atoms with Gasteiger partial charge in [0.25, 0.3) is 5.91 Å². The summed E-state index contributed by atoms with van der Waals surface area (Å²) < 4.78 is 0. The fraction of sp³-hybridized carbons (Fsp3) is 0.500. The number of nitrogens with one attached hydrogen (secondary N) is 2. The molecule has 1 aliphatic heterocycles. The van der Waals surface area contributed by atoms with Gasteiger partial charge in [-0.05, 0) is 37.7 Å². The number of fused-ring (bicyclic) bond motifs is 1. The Hall–Kier alpha value is -1.55. The van der Waals surface area contributed by atoms with Crippen LogP contribution in [-0.4, -0.2) is 44.0 Å². The maximum Gasteiger partial charge on any atom is 0.251 e. The Morgan fingerprint density at radius 2 is 2.33 bits per heavy atom. The van der Waals surface area contributed by atoms with E-state index >= 15 is 0 Å². The minimum Gasteiger partial charge on any atom is -0.384 e. The van der Waals surface area contributed by atoms with Crippen LogP contribution in [0.1, 0.15) is 22.8 Å². The Balaban J connectivity index is 1.89. The van der Waals surface area contributed by atoms with E-state index in [0.29, 0.717) is 6.54 Å². The molecule has 0 fully saturated rings. The molecule has 0 bridgehead atoms. The molecule has 0 aliphatic carbocycles. The fourth-order valence-corrected chi connectivity index (χ4v) is 2.05. The van der Waals surface area contributed by atoms with Crippen LogP contribution in [0.4, 0.5) is 5.69 Å². The summed E-state index contributed by atoms with van der Waals surface area (Å²) in [6.45, 7) is 5.65. The van der Waals surface area contributed by atoms with Crippen LogP contribution in [-0.2, 0) is 6.42 Å². The summed E-state index contributed by atoms with van der Waals surface area (Å²) in [5.74, 6) is 0.0102. The molecule has 98 valence electrons. The molecule has 2 rings (SSSR count). The topological polar surface area (TPSA) is 44.4 Å². The number of carbonyl (C=O) groups is 1. The van der Waals surface area contributed by atoms with Crippen LogP contribution in [0.3, 0.4) is 0 Å². The van der Waals surface area contributed by atoms with Crippen LogP contribution in [0.2, 0.25) is 0 Å². The molecule has 18 heavy (non-hydrogen) atoms. The molecule has 1 aromatic rings. The van der Waals surface area contributed by atoms with Crippen molar-refractivity contribution >= 4 is 11.6 Å². The lowest BCUT2D eigenvalue weighted by Gasteiger charge is -2.14. The van der Waals surface area contributed by atoms with Crippen molar-refractivity contribution in [3.05, 3.63) is 29.3 Å². The Morgan fingerprint density at radius 1 is 1.50 bits per heavy atom. The molecule has 1 heterocycles. The first-order valence-electron chi connectivity index (χ1n) is 6.54. The molecule has 0 saturated heterocycles. The van der Waals surface area contributed by atoms with E-state index in [2.05, 4.69) is 22.5 Å². The zero-order valence-electron chi connectivity index (χ0n) is 11.1. The van der Waals surface area contributed by atoms with E-state index in [9.17, 15) is 4.79 Å². The summed E-state index contributed by atoms with van der Waals surface area (Å²) in [7, 11) is 2.05. The number of nitrogens with zero attached hydrogens (tertiary/aromatic N) is 1. The molecule has 2 N–H and O–H groups in total. The minimum atomic E-state index is 0.0102. The van der Waals surface area contributed by atoms with Crippen molar-refractivity contribution < 1.29 is 4.79 Å². The van der Waals surface area contributed by atoms with Crippen LogP contribution in [0.15, 0.2) is 18.2 Å². The van der Waals surface area contributed by atoms with Gasteiger partial charge in [0.05, 0.1) is 0 Å². The van der Waals surface area contributed by atoms with Crippen molar-refractivity contribution in [1.82, 2.24) is 10.2 Å². The SMILES string of the molecule is CCN(C)CCNC(=O)c1ccc2c(c1)NCC2. The normalized spacial score (nSPS) is 13.3. The lowest BCUT2D eigenvalue weighted by Crippen LogP contribution is -2.32. The maximum atomic E-state index is 12.0. The first-order chi connectivity index (χ1) is 8.70. The quantitative estimate of drug-likeness (QED) is 0.825. The molecule has 4 nitrogen and oxygen atoms in total. The molecule has 0 saturated carbocycles. The molecule has 4 heteroatoms. The van der Waals surface area contributed by atoms with E-state index < -0.39 is 0 Å². The average Bonchev–Trinajstić information content (AvgIpc) is 2.85. The van der Waals surface area contributed by atoms with Gasteiger partial charge in [0.15, 0.2) is 0 Å².